The molecule has 2 nitrogen and oxygen atoms in total. The molecule has 24 heavy (non-hydrogen) atoms. The molecule has 1 N–H and O–H groups in total. The van der Waals surface area contributed by atoms with Crippen molar-refractivity contribution in [1.82, 2.24) is 5.32 Å². The van der Waals surface area contributed by atoms with E-state index in [0.29, 0.717) is 6.54 Å². The Kier molecular flexibility index (Phi) is 7.28. The molecule has 0 saturated heterocycles. The Morgan fingerprint density at radius 2 is 1.46 bits per heavy atom. The molecule has 1 amide bonds. The molecule has 0 unspecified atom stereocenters. The number of unbranched alkanes of at least 4 members (excludes halogenated alkanes) is 2. The zero-order valence-corrected chi connectivity index (χ0v) is 14.6. The van der Waals surface area contributed by atoms with Gasteiger partial charge in [0.1, 0.15) is 0 Å². The minimum Gasteiger partial charge on any atom is -0.352 e. The summed E-state index contributed by atoms with van der Waals surface area (Å²) < 4.78 is 0. The van der Waals surface area contributed by atoms with Gasteiger partial charge in [0.05, 0.1) is 0 Å². The second kappa shape index (κ2) is 9.71. The Hall–Kier alpha value is -2.35. The maximum atomic E-state index is 11.1. The van der Waals surface area contributed by atoms with Gasteiger partial charge < -0.3 is 5.32 Å². The third kappa shape index (κ3) is 5.69. The van der Waals surface area contributed by atoms with Gasteiger partial charge in [-0.25, -0.2) is 0 Å². The van der Waals surface area contributed by atoms with E-state index in [2.05, 4.69) is 67.4 Å². The van der Waals surface area contributed by atoms with E-state index >= 15 is 0 Å². The van der Waals surface area contributed by atoms with Crippen molar-refractivity contribution in [2.45, 2.75) is 39.0 Å². The van der Waals surface area contributed by atoms with Crippen LogP contribution in [0.25, 0.3) is 11.1 Å². The summed E-state index contributed by atoms with van der Waals surface area (Å²) >= 11 is 0. The molecule has 0 radical (unpaired) electrons. The summed E-state index contributed by atoms with van der Waals surface area (Å²) in [5, 5.41) is 2.80. The number of nitrogens with one attached hydrogen (secondary N) is 1. The smallest absolute Gasteiger partial charge is 0.243 e. The van der Waals surface area contributed by atoms with Crippen LogP contribution < -0.4 is 5.32 Å². The molecule has 0 aliphatic carbocycles. The number of carbonyl (C=O) groups excluding carboxylic acids is 1. The van der Waals surface area contributed by atoms with Crippen LogP contribution in [0.5, 0.6) is 0 Å². The van der Waals surface area contributed by atoms with Crippen molar-refractivity contribution in [3.8, 4) is 11.1 Å². The first-order chi connectivity index (χ1) is 11.7. The van der Waals surface area contributed by atoms with Crippen molar-refractivity contribution in [3.63, 3.8) is 0 Å². The third-order valence-electron chi connectivity index (χ3n) is 4.21. The minimum absolute atomic E-state index is 0.120. The largest absolute Gasteiger partial charge is 0.352 e. The van der Waals surface area contributed by atoms with Crippen molar-refractivity contribution in [2.75, 3.05) is 6.54 Å². The zero-order valence-electron chi connectivity index (χ0n) is 14.6. The van der Waals surface area contributed by atoms with Crippen LogP contribution in [0.15, 0.2) is 61.2 Å². The van der Waals surface area contributed by atoms with Gasteiger partial charge >= 0.3 is 0 Å². The summed E-state index contributed by atoms with van der Waals surface area (Å²) in [6.07, 6.45) is 7.14. The van der Waals surface area contributed by atoms with Crippen LogP contribution in [0, 0.1) is 0 Å². The van der Waals surface area contributed by atoms with Gasteiger partial charge in [-0.15, -0.1) is 0 Å². The molecular weight excluding hydrogens is 294 g/mol. The van der Waals surface area contributed by atoms with Crippen LogP contribution in [-0.2, 0) is 17.6 Å². The van der Waals surface area contributed by atoms with Crippen LogP contribution in [0.1, 0.15) is 37.3 Å². The lowest BCUT2D eigenvalue weighted by Gasteiger charge is -2.07. The molecule has 0 fully saturated rings. The molecule has 126 valence electrons. The highest BCUT2D eigenvalue weighted by Crippen LogP contribution is 2.21. The molecule has 0 saturated carbocycles. The summed E-state index contributed by atoms with van der Waals surface area (Å²) in [6, 6.07) is 17.5. The lowest BCUT2D eigenvalue weighted by molar-refractivity contribution is -0.116. The molecule has 0 spiro atoms. The Bertz CT molecular complexity index is 641. The summed E-state index contributed by atoms with van der Waals surface area (Å²) in [4.78, 5) is 11.1. The van der Waals surface area contributed by atoms with Crippen LogP contribution in [0.2, 0.25) is 0 Å². The van der Waals surface area contributed by atoms with Crippen molar-refractivity contribution in [1.29, 1.82) is 0 Å². The van der Waals surface area contributed by atoms with Gasteiger partial charge in [0.25, 0.3) is 0 Å². The predicted molar refractivity (Wildman–Crippen MR) is 102 cm³/mol. The quantitative estimate of drug-likeness (QED) is 0.515. The Balaban J connectivity index is 1.90. The van der Waals surface area contributed by atoms with Crippen LogP contribution in [0.4, 0.5) is 0 Å². The van der Waals surface area contributed by atoms with E-state index in [0.717, 1.165) is 6.42 Å². The van der Waals surface area contributed by atoms with Gasteiger partial charge in [0, 0.05) is 6.54 Å². The maximum Gasteiger partial charge on any atom is 0.243 e. The highest BCUT2D eigenvalue weighted by atomic mass is 16.1. The highest BCUT2D eigenvalue weighted by molar-refractivity contribution is 5.86. The SMILES string of the molecule is C=CC(=O)NCCc1ccc(-c2ccc(CCCCC)cc2)cc1. The van der Waals surface area contributed by atoms with E-state index in [1.165, 1.54) is 54.0 Å². The van der Waals surface area contributed by atoms with Crippen LogP contribution in [0.3, 0.4) is 0 Å². The van der Waals surface area contributed by atoms with E-state index in [4.69, 9.17) is 0 Å². The molecule has 2 aromatic rings. The van der Waals surface area contributed by atoms with Crippen molar-refractivity contribution >= 4 is 5.91 Å². The van der Waals surface area contributed by atoms with Crippen molar-refractivity contribution < 1.29 is 4.79 Å². The third-order valence-corrected chi connectivity index (χ3v) is 4.21. The predicted octanol–water partition coefficient (Wildman–Crippen LogP) is 4.93. The van der Waals surface area contributed by atoms with Gasteiger partial charge in [-0.3, -0.25) is 4.79 Å². The fourth-order valence-electron chi connectivity index (χ4n) is 2.71. The minimum atomic E-state index is -0.120. The first-order valence-electron chi connectivity index (χ1n) is 8.81. The van der Waals surface area contributed by atoms with Gasteiger partial charge in [-0.05, 0) is 47.6 Å². The molecule has 0 aromatic heterocycles. The monoisotopic (exact) mass is 321 g/mol. The first-order valence-corrected chi connectivity index (χ1v) is 8.81. The van der Waals surface area contributed by atoms with E-state index in [-0.39, 0.29) is 5.91 Å². The average molecular weight is 321 g/mol. The van der Waals surface area contributed by atoms with E-state index in [1.807, 2.05) is 0 Å². The Morgan fingerprint density at radius 1 is 0.917 bits per heavy atom. The van der Waals surface area contributed by atoms with Gasteiger partial charge in [-0.2, -0.15) is 0 Å². The Labute approximate surface area is 145 Å². The molecule has 2 heteroatoms. The molecule has 0 aliphatic heterocycles. The lowest BCUT2D eigenvalue weighted by atomic mass is 10.00. The molecule has 2 aromatic carbocycles. The summed E-state index contributed by atoms with van der Waals surface area (Å²) in [6.45, 7) is 6.32. The topological polar surface area (TPSA) is 29.1 Å². The fourth-order valence-corrected chi connectivity index (χ4v) is 2.71. The second-order valence-electron chi connectivity index (χ2n) is 6.10. The fraction of sp³-hybridized carbons (Fsp3) is 0.318. The molecule has 2 rings (SSSR count). The molecule has 0 aliphatic rings. The normalized spacial score (nSPS) is 10.4. The first kappa shape index (κ1) is 18.0. The summed E-state index contributed by atoms with van der Waals surface area (Å²) in [5.41, 5.74) is 5.12. The van der Waals surface area contributed by atoms with Crippen LogP contribution >= 0.6 is 0 Å². The number of hydrogen-bond acceptors (Lipinski definition) is 1. The number of rotatable bonds is 9. The molecule has 0 atom stereocenters. The number of benzene rings is 2. The van der Waals surface area contributed by atoms with E-state index in [9.17, 15) is 4.79 Å². The lowest BCUT2D eigenvalue weighted by Crippen LogP contribution is -2.23. The van der Waals surface area contributed by atoms with E-state index < -0.39 is 0 Å². The molecule has 0 bridgehead atoms. The number of carbonyl (C=O) groups is 1. The van der Waals surface area contributed by atoms with E-state index in [1.54, 1.807) is 0 Å². The standard InChI is InChI=1S/C22H27NO/c1-3-5-6-7-18-8-12-20(13-9-18)21-14-10-19(11-15-21)16-17-23-22(24)4-2/h4,8-15H,2-3,5-7,16-17H2,1H3,(H,23,24). The van der Waals surface area contributed by atoms with Crippen molar-refractivity contribution in [2.24, 2.45) is 0 Å². The van der Waals surface area contributed by atoms with Crippen molar-refractivity contribution in [3.05, 3.63) is 72.3 Å². The summed E-state index contributed by atoms with van der Waals surface area (Å²) in [7, 11) is 0. The zero-order chi connectivity index (χ0) is 17.2. The summed E-state index contributed by atoms with van der Waals surface area (Å²) in [5.74, 6) is -0.120. The molecule has 0 heterocycles. The highest BCUT2D eigenvalue weighted by Gasteiger charge is 2.00. The number of amides is 1. The molecular formula is C22H27NO. The van der Waals surface area contributed by atoms with Crippen LogP contribution in [-0.4, -0.2) is 12.5 Å². The van der Waals surface area contributed by atoms with Gasteiger partial charge in [-0.1, -0.05) is 74.9 Å². The average Bonchev–Trinajstić information content (AvgIpc) is 2.63. The number of aryl methyl sites for hydroxylation is 1. The Morgan fingerprint density at radius 3 is 1.96 bits per heavy atom. The maximum absolute atomic E-state index is 11.1. The second-order valence-corrected chi connectivity index (χ2v) is 6.10. The van der Waals surface area contributed by atoms with Gasteiger partial charge in [0.15, 0.2) is 0 Å². The number of hydrogen-bond donors (Lipinski definition) is 1. The van der Waals surface area contributed by atoms with Gasteiger partial charge in [0.2, 0.25) is 5.91 Å².